The number of hydrogen-bond donors (Lipinski definition) is 3. The highest BCUT2D eigenvalue weighted by Crippen LogP contribution is 2.41. The summed E-state index contributed by atoms with van der Waals surface area (Å²) in [4.78, 5) is 13.4. The molecule has 0 atom stereocenters. The maximum Gasteiger partial charge on any atom is 0.374 e. The minimum atomic E-state index is -4.19. The first-order chi connectivity index (χ1) is 20.7. The van der Waals surface area contributed by atoms with Gasteiger partial charge in [-0.25, -0.2) is 0 Å². The first-order valence-corrected chi connectivity index (χ1v) is 17.2. The fourth-order valence-electron chi connectivity index (χ4n) is 4.69. The molecule has 0 unspecified atom stereocenters. The molecule has 1 amide bonds. The highest BCUT2D eigenvalue weighted by Gasteiger charge is 2.28. The standard InChI is InChI=1S/C28H32ClN3O10S2/c1-4-19(14-28-32(10-6-12-44(37,38)39)23-16-21(29)25(40-3)17-26(23)42-28)13-27-31(9-5-11-43(34,35)36)22-15-20(30-18(2)33)7-8-24(22)41-27/h7-8,13-17H,4-6,9-12H2,1-3H3,(H2-,30,33,34,35,36,37,38,39)/p+1. The van der Waals surface area contributed by atoms with E-state index in [4.69, 9.17) is 25.5 Å². The number of fused-ring (bicyclic) bond motifs is 2. The highest BCUT2D eigenvalue weighted by molar-refractivity contribution is 7.86. The lowest BCUT2D eigenvalue weighted by molar-refractivity contribution is -0.677. The van der Waals surface area contributed by atoms with Crippen LogP contribution in [-0.2, 0) is 31.6 Å². The molecule has 16 heteroatoms. The second-order valence-electron chi connectivity index (χ2n) is 10.00. The van der Waals surface area contributed by atoms with E-state index in [1.54, 1.807) is 52.0 Å². The van der Waals surface area contributed by atoms with E-state index < -0.39 is 31.7 Å². The summed E-state index contributed by atoms with van der Waals surface area (Å²) >= 11 is 6.37. The quantitative estimate of drug-likeness (QED) is 0.173. The van der Waals surface area contributed by atoms with Crippen LogP contribution in [0.1, 0.15) is 39.0 Å². The fraction of sp³-hybridized carbons (Fsp3) is 0.357. The molecule has 0 radical (unpaired) electrons. The molecule has 238 valence electrons. The van der Waals surface area contributed by atoms with Gasteiger partial charge in [-0.2, -0.15) is 21.4 Å². The van der Waals surface area contributed by atoms with Gasteiger partial charge in [0.1, 0.15) is 5.75 Å². The van der Waals surface area contributed by atoms with Crippen molar-refractivity contribution in [3.05, 3.63) is 58.8 Å². The Balaban J connectivity index is 1.76. The van der Waals surface area contributed by atoms with E-state index in [-0.39, 0.29) is 31.8 Å². The number of rotatable bonds is 13. The van der Waals surface area contributed by atoms with Gasteiger partial charge in [0.25, 0.3) is 25.8 Å². The smallest absolute Gasteiger partial charge is 0.374 e. The second-order valence-corrected chi connectivity index (χ2v) is 13.5. The van der Waals surface area contributed by atoms with Crippen molar-refractivity contribution in [2.24, 2.45) is 0 Å². The number of amides is 1. The van der Waals surface area contributed by atoms with Gasteiger partial charge in [-0.15, -0.1) is 0 Å². The van der Waals surface area contributed by atoms with E-state index in [1.807, 2.05) is 6.92 Å². The average molecular weight is 671 g/mol. The predicted octanol–water partition coefficient (Wildman–Crippen LogP) is 4.43. The largest absolute Gasteiger partial charge is 0.495 e. The predicted molar refractivity (Wildman–Crippen MR) is 165 cm³/mol. The zero-order valence-electron chi connectivity index (χ0n) is 24.2. The number of ether oxygens (including phenoxy) is 2. The Hall–Kier alpha value is -3.63. The minimum Gasteiger partial charge on any atom is -0.495 e. The van der Waals surface area contributed by atoms with E-state index in [2.05, 4.69) is 5.32 Å². The molecular weight excluding hydrogens is 638 g/mol. The molecule has 0 aliphatic carbocycles. The molecule has 3 N–H and O–H groups in total. The molecule has 3 aromatic rings. The number of benzene rings is 2. The number of nitrogens with one attached hydrogen (secondary N) is 1. The van der Waals surface area contributed by atoms with Crippen LogP contribution in [0, 0.1) is 0 Å². The molecule has 0 spiro atoms. The van der Waals surface area contributed by atoms with Gasteiger partial charge in [0, 0.05) is 43.8 Å². The third-order valence-electron chi connectivity index (χ3n) is 6.65. The summed E-state index contributed by atoms with van der Waals surface area (Å²) in [5.74, 6) is 0.458. The number of carbonyl (C=O) groups excluding carboxylic acids is 1. The molecule has 1 aliphatic heterocycles. The van der Waals surface area contributed by atoms with Crippen LogP contribution in [-0.4, -0.2) is 57.0 Å². The van der Waals surface area contributed by atoms with Crippen molar-refractivity contribution in [3.63, 3.8) is 0 Å². The molecule has 2 aromatic carbocycles. The number of halogens is 1. The van der Waals surface area contributed by atoms with Crippen LogP contribution in [0.5, 0.6) is 11.5 Å². The summed E-state index contributed by atoms with van der Waals surface area (Å²) in [5, 5.41) is 3.04. The van der Waals surface area contributed by atoms with Crippen molar-refractivity contribution in [1.29, 1.82) is 0 Å². The SMILES string of the molecule is CCC(=Cc1oc2cc(OC)c(Cl)cc2[n+]1CCCS(=O)(=O)O)C=C1Oc2ccc(NC(C)=O)cc2N1CCCS(=O)(=O)O. The first kappa shape index (κ1) is 33.3. The summed E-state index contributed by atoms with van der Waals surface area (Å²) in [7, 11) is -6.90. The van der Waals surface area contributed by atoms with Crippen molar-refractivity contribution in [2.45, 2.75) is 39.7 Å². The van der Waals surface area contributed by atoms with Gasteiger partial charge in [0.15, 0.2) is 12.3 Å². The number of hydrogen-bond acceptors (Lipinski definition) is 9. The lowest BCUT2D eigenvalue weighted by Gasteiger charge is -2.19. The summed E-state index contributed by atoms with van der Waals surface area (Å²) in [5.41, 5.74) is 2.88. The normalized spacial score (nSPS) is 14.6. The number of carbonyl (C=O) groups is 1. The van der Waals surface area contributed by atoms with Gasteiger partial charge < -0.3 is 24.1 Å². The van der Waals surface area contributed by atoms with Crippen molar-refractivity contribution in [2.75, 3.05) is 35.4 Å². The van der Waals surface area contributed by atoms with Crippen LogP contribution in [0.2, 0.25) is 5.02 Å². The molecule has 44 heavy (non-hydrogen) atoms. The van der Waals surface area contributed by atoms with Gasteiger partial charge in [-0.3, -0.25) is 13.9 Å². The Morgan fingerprint density at radius 1 is 1.11 bits per heavy atom. The summed E-state index contributed by atoms with van der Waals surface area (Å²) in [6.45, 7) is 3.66. The lowest BCUT2D eigenvalue weighted by atomic mass is 10.1. The maximum absolute atomic E-state index is 11.6. The first-order valence-electron chi connectivity index (χ1n) is 13.6. The highest BCUT2D eigenvalue weighted by atomic mass is 35.5. The average Bonchev–Trinajstić information content (AvgIpc) is 3.42. The van der Waals surface area contributed by atoms with Gasteiger partial charge in [0.05, 0.1) is 35.4 Å². The van der Waals surface area contributed by atoms with E-state index in [9.17, 15) is 30.7 Å². The van der Waals surface area contributed by atoms with Crippen molar-refractivity contribution < 1.29 is 49.2 Å². The molecular formula is C28H33ClN3O10S2+. The molecule has 1 aromatic heterocycles. The van der Waals surface area contributed by atoms with Crippen LogP contribution >= 0.6 is 11.6 Å². The Morgan fingerprint density at radius 2 is 1.82 bits per heavy atom. The van der Waals surface area contributed by atoms with Crippen molar-refractivity contribution >= 4 is 66.3 Å². The number of anilines is 2. The van der Waals surface area contributed by atoms with E-state index in [0.29, 0.717) is 57.2 Å². The number of methoxy groups -OCH3 is 1. The molecule has 2 heterocycles. The lowest BCUT2D eigenvalue weighted by Crippen LogP contribution is -2.36. The summed E-state index contributed by atoms with van der Waals surface area (Å²) in [6, 6.07) is 8.35. The van der Waals surface area contributed by atoms with Crippen LogP contribution in [0.3, 0.4) is 0 Å². The van der Waals surface area contributed by atoms with Gasteiger partial charge in [-0.05, 0) is 36.6 Å². The fourth-order valence-corrected chi connectivity index (χ4v) is 5.91. The molecule has 0 saturated heterocycles. The minimum absolute atomic E-state index is 0.0917. The second kappa shape index (κ2) is 13.6. The Kier molecular flexibility index (Phi) is 10.3. The monoisotopic (exact) mass is 670 g/mol. The van der Waals surface area contributed by atoms with Gasteiger partial charge in [-0.1, -0.05) is 18.5 Å². The van der Waals surface area contributed by atoms with E-state index in [0.717, 1.165) is 5.57 Å². The molecule has 0 fully saturated rings. The summed E-state index contributed by atoms with van der Waals surface area (Å²) < 4.78 is 83.3. The van der Waals surface area contributed by atoms with Gasteiger partial charge in [0.2, 0.25) is 17.4 Å². The van der Waals surface area contributed by atoms with E-state index in [1.165, 1.54) is 14.0 Å². The molecule has 0 saturated carbocycles. The number of aromatic nitrogens is 1. The van der Waals surface area contributed by atoms with Crippen LogP contribution < -0.4 is 24.3 Å². The molecule has 13 nitrogen and oxygen atoms in total. The topological polar surface area (TPSA) is 177 Å². The number of allylic oxidation sites excluding steroid dienone is 2. The Labute approximate surface area is 260 Å². The zero-order chi connectivity index (χ0) is 32.2. The molecule has 0 bridgehead atoms. The van der Waals surface area contributed by atoms with E-state index >= 15 is 0 Å². The zero-order valence-corrected chi connectivity index (χ0v) is 26.6. The third-order valence-corrected chi connectivity index (χ3v) is 8.55. The molecule has 4 rings (SSSR count). The Morgan fingerprint density at radius 3 is 2.45 bits per heavy atom. The van der Waals surface area contributed by atoms with Crippen molar-refractivity contribution in [3.8, 4) is 11.5 Å². The number of aryl methyl sites for hydroxylation is 1. The van der Waals surface area contributed by atoms with Crippen LogP contribution in [0.15, 0.2) is 52.3 Å². The van der Waals surface area contributed by atoms with Crippen molar-refractivity contribution in [1.82, 2.24) is 0 Å². The maximum atomic E-state index is 11.6. The third kappa shape index (κ3) is 8.51. The summed E-state index contributed by atoms with van der Waals surface area (Å²) in [6.07, 6.45) is 4.21. The molecule has 1 aliphatic rings. The number of oxazole rings is 1. The Bertz CT molecular complexity index is 1850. The van der Waals surface area contributed by atoms with Crippen LogP contribution in [0.4, 0.5) is 11.4 Å². The van der Waals surface area contributed by atoms with Gasteiger partial charge >= 0.3 is 5.89 Å². The number of nitrogens with zero attached hydrogens (tertiary/aromatic N) is 2. The van der Waals surface area contributed by atoms with Crippen LogP contribution in [0.25, 0.3) is 17.2 Å².